The van der Waals surface area contributed by atoms with Crippen LogP contribution in [0.15, 0.2) is 78.9 Å². The van der Waals surface area contributed by atoms with E-state index in [2.05, 4.69) is 42.5 Å². The Balaban J connectivity index is 1.05. The molecule has 111 heavy (non-hydrogen) atoms. The average Bonchev–Trinajstić information content (AvgIpc) is 0.755. The largest absolute Gasteiger partial charge is 0.508 e. The van der Waals surface area contributed by atoms with E-state index in [4.69, 9.17) is 52.6 Å². The first-order valence-corrected chi connectivity index (χ1v) is 37.0. The summed E-state index contributed by atoms with van der Waals surface area (Å²) < 4.78 is 31.2. The number of amides is 10. The maximum Gasteiger partial charge on any atom is 0.410 e. The standard InChI is InChI=1S/C76H88Cl2N10O23/c1-29(2)14-45(88(7)75(106)111-76(4,5)6)68(100)86-59-61(94)34-9-12-48(42(77)21-34)107-50-23-38-24-51(66(50)110-74-65(98)64(97)63(96)52(109-74)28-80-30(3)89)108-49-13-10-35(22-43(49)78)62(95)60-73(105)85-58(71(103)82-55-36-16-31-15-32(18-36)19-37(55)17-31)41-25-39(90)26-47(92)54(41)40-20-33(8-11-46(40)91)56(69(101)87-60)84-70(102)57(38)83-67(99)44(27-53(79)93)81-72(59)104/h8-13,20-26,29,31-32,36-37,44-45,52,55-65,74,90-92,94-98H,14-19,27-28H2,1-7H3,(H2,79,93)(H,80,89)(H,81,104)(H,82,103)(H,83,99)(H,84,102)(H,85,105)(H,86,100)(H,87,101)/t31?,32?,36?,37?,44-,45+,52?,55?,56+,57+,58-,59+,60-,61+,62+,63?,64?,65?,74?/m0/s1. The summed E-state index contributed by atoms with van der Waals surface area (Å²) in [5, 5.41) is 115. The second kappa shape index (κ2) is 32.2. The minimum absolute atomic E-state index is 0.0525. The number of primary amides is 1. The highest BCUT2D eigenvalue weighted by Crippen LogP contribution is 2.55. The second-order valence-electron chi connectivity index (χ2n) is 30.8. The van der Waals surface area contributed by atoms with Crippen LogP contribution >= 0.6 is 23.2 Å². The summed E-state index contributed by atoms with van der Waals surface area (Å²) in [5.74, 6) is -14.5. The molecule has 594 valence electrons. The number of fused-ring (bicyclic) bond motifs is 15. The van der Waals surface area contributed by atoms with E-state index in [1.54, 1.807) is 34.6 Å². The Morgan fingerprint density at radius 1 is 0.649 bits per heavy atom. The van der Waals surface area contributed by atoms with E-state index >= 15 is 28.8 Å². The first kappa shape index (κ1) is 80.3. The number of hydrogen-bond acceptors (Lipinski definition) is 23. The molecule has 10 aliphatic rings. The second-order valence-corrected chi connectivity index (χ2v) is 31.6. The Bertz CT molecular complexity index is 4510. The number of hydrogen-bond donors (Lipinski definition) is 17. The van der Waals surface area contributed by atoms with E-state index in [0.717, 1.165) is 105 Å². The Morgan fingerprint density at radius 2 is 1.23 bits per heavy atom. The predicted molar refractivity (Wildman–Crippen MR) is 391 cm³/mol. The molecule has 1 saturated heterocycles. The number of carbonyl (C=O) groups is 10. The van der Waals surface area contributed by atoms with Crippen LogP contribution in [0.2, 0.25) is 10.0 Å². The number of aliphatic hydroxyl groups excluding tert-OH is 5. The molecule has 0 aromatic heterocycles. The smallest absolute Gasteiger partial charge is 0.410 e. The van der Waals surface area contributed by atoms with Gasteiger partial charge in [-0.3, -0.25) is 48.1 Å². The molecular weight excluding hydrogens is 1490 g/mol. The average molecular weight is 1580 g/mol. The van der Waals surface area contributed by atoms with Crippen molar-refractivity contribution < 1.29 is 112 Å². The molecule has 6 heterocycles. The Labute approximate surface area is 645 Å². The molecule has 18 N–H and O–H groups in total. The molecule has 33 nitrogen and oxygen atoms in total. The van der Waals surface area contributed by atoms with Crippen LogP contribution in [-0.2, 0) is 52.6 Å². The number of phenols is 3. The van der Waals surface area contributed by atoms with Crippen molar-refractivity contribution in [3.8, 4) is 57.1 Å². The van der Waals surface area contributed by atoms with Crippen molar-refractivity contribution >= 4 is 82.5 Å². The van der Waals surface area contributed by atoms with Crippen LogP contribution < -0.4 is 62.5 Å². The van der Waals surface area contributed by atoms with Crippen LogP contribution in [0.1, 0.15) is 145 Å². The molecule has 0 spiro atoms. The van der Waals surface area contributed by atoms with Crippen molar-refractivity contribution in [2.24, 2.45) is 35.3 Å². The van der Waals surface area contributed by atoms with Gasteiger partial charge in [0.05, 0.1) is 16.5 Å². The molecular formula is C76H88Cl2N10O23. The molecule has 5 aromatic carbocycles. The number of phenolic OH excluding ortho intramolecular Hbond substituents is 3. The van der Waals surface area contributed by atoms with Gasteiger partial charge in [-0.2, -0.15) is 0 Å². The van der Waals surface area contributed by atoms with Crippen molar-refractivity contribution in [1.29, 1.82) is 0 Å². The number of likely N-dealkylation sites (N-methyl/N-ethyl adjacent to an activating group) is 1. The van der Waals surface area contributed by atoms with Crippen molar-refractivity contribution in [2.45, 2.75) is 183 Å². The lowest BCUT2D eigenvalue weighted by molar-refractivity contribution is -0.271. The zero-order valence-electron chi connectivity index (χ0n) is 61.2. The number of nitrogens with one attached hydrogen (secondary N) is 8. The van der Waals surface area contributed by atoms with Crippen molar-refractivity contribution in [2.75, 3.05) is 13.6 Å². The molecule has 4 saturated carbocycles. The number of nitrogens with two attached hydrogens (primary N) is 1. The predicted octanol–water partition coefficient (Wildman–Crippen LogP) is 3.52. The first-order valence-electron chi connectivity index (χ1n) is 36.2. The van der Waals surface area contributed by atoms with E-state index in [0.29, 0.717) is 11.8 Å². The van der Waals surface area contributed by atoms with Gasteiger partial charge in [-0.25, -0.2) is 4.79 Å². The SMILES string of the molecule is CC(=O)NCC1OC(Oc2c3cc4cc2Oc2ccc(cc2Cl)[C@@H](O)[C@@H](NC(=O)[C@@H](CC(C)C)N(C)C(=O)OC(C)(C)C)C(=O)N[C@@H](CC(N)=O)C(=O)N[C@H]4C(=O)N[C@H]2C(=O)N[C@H](C(=O)N[C@H](C(=O)NC4C5CC6CC(C5)CC4C6)c4cc(O)cc(O)c4-c4cc2ccc4O)[C@H](O)c2ccc(c(Cl)c2)O3)C(O)C(O)C1O. The molecule has 35 heteroatoms. The number of benzene rings is 5. The quantitative estimate of drug-likeness (QED) is 0.0802. The Hall–Kier alpha value is -10.3. The highest BCUT2D eigenvalue weighted by molar-refractivity contribution is 6.32. The number of aromatic hydroxyl groups is 3. The highest BCUT2D eigenvalue weighted by Gasteiger charge is 2.51. The Kier molecular flexibility index (Phi) is 23.3. The van der Waals surface area contributed by atoms with Crippen LogP contribution in [0.5, 0.6) is 46.0 Å². The normalized spacial score (nSPS) is 28.6. The molecule has 5 unspecified atom stereocenters. The number of nitrogens with zero attached hydrogens (tertiary/aromatic N) is 1. The number of aliphatic hydroxyl groups is 5. The van der Waals surface area contributed by atoms with Gasteiger partial charge in [-0.15, -0.1) is 0 Å². The lowest BCUT2D eigenvalue weighted by atomic mass is 9.54. The van der Waals surface area contributed by atoms with Crippen molar-refractivity contribution in [1.82, 2.24) is 47.4 Å². The van der Waals surface area contributed by atoms with E-state index in [9.17, 15) is 60.0 Å². The van der Waals surface area contributed by atoms with Crippen molar-refractivity contribution in [3.63, 3.8) is 0 Å². The van der Waals surface area contributed by atoms with Gasteiger partial charge >= 0.3 is 6.09 Å². The molecule has 0 radical (unpaired) electrons. The summed E-state index contributed by atoms with van der Waals surface area (Å²) in [6, 6.07) is -0.531. The van der Waals surface area contributed by atoms with E-state index in [1.807, 2.05) is 0 Å². The van der Waals surface area contributed by atoms with E-state index in [1.165, 1.54) is 25.2 Å². The summed E-state index contributed by atoms with van der Waals surface area (Å²) >= 11 is 14.2. The molecule has 15 bridgehead atoms. The fraction of sp³-hybridized carbons (Fsp3) is 0.474. The van der Waals surface area contributed by atoms with Crippen molar-refractivity contribution in [3.05, 3.63) is 117 Å². The van der Waals surface area contributed by atoms with Crippen LogP contribution in [0.25, 0.3) is 11.1 Å². The maximum atomic E-state index is 16.2. The molecule has 4 aliphatic carbocycles. The molecule has 15 rings (SSSR count). The van der Waals surface area contributed by atoms with Gasteiger partial charge in [-0.05, 0) is 171 Å². The zero-order chi connectivity index (χ0) is 80.3. The molecule has 14 atom stereocenters. The van der Waals surface area contributed by atoms with Gasteiger partial charge in [0.1, 0.15) is 113 Å². The Morgan fingerprint density at radius 3 is 1.82 bits per heavy atom. The fourth-order valence-corrected chi connectivity index (χ4v) is 16.4. The van der Waals surface area contributed by atoms with E-state index in [-0.39, 0.29) is 75.1 Å². The number of rotatable bonds is 13. The summed E-state index contributed by atoms with van der Waals surface area (Å²) in [4.78, 5) is 149. The summed E-state index contributed by atoms with van der Waals surface area (Å²) in [5.41, 5.74) is 2.53. The lowest BCUT2D eigenvalue weighted by Gasteiger charge is -2.54. The minimum atomic E-state index is -2.35. The fourth-order valence-electron chi connectivity index (χ4n) is 15.9. The monoisotopic (exact) mass is 1580 g/mol. The third-order valence-electron chi connectivity index (χ3n) is 21.1. The van der Waals surface area contributed by atoms with Gasteiger partial charge in [0.15, 0.2) is 11.5 Å². The molecule has 6 aliphatic heterocycles. The lowest BCUT2D eigenvalue weighted by Crippen LogP contribution is -2.61. The summed E-state index contributed by atoms with van der Waals surface area (Å²) in [6.45, 7) is 8.94. The van der Waals surface area contributed by atoms with Gasteiger partial charge in [-0.1, -0.05) is 55.2 Å². The van der Waals surface area contributed by atoms with E-state index < -0.39 is 213 Å². The van der Waals surface area contributed by atoms with Gasteiger partial charge in [0.2, 0.25) is 65.2 Å². The van der Waals surface area contributed by atoms with Crippen LogP contribution in [0, 0.1) is 29.6 Å². The molecule has 5 aromatic rings. The number of halogens is 2. The van der Waals surface area contributed by atoms with Gasteiger partial charge in [0.25, 0.3) is 0 Å². The topological polar surface area (TPSA) is 504 Å². The first-order chi connectivity index (χ1) is 52.4. The van der Waals surface area contributed by atoms with Crippen LogP contribution in [0.3, 0.4) is 0 Å². The summed E-state index contributed by atoms with van der Waals surface area (Å²) in [6.07, 6.45) is -11.8. The van der Waals surface area contributed by atoms with Crippen LogP contribution in [-0.4, -0.2) is 185 Å². The third kappa shape index (κ3) is 17.3. The third-order valence-corrected chi connectivity index (χ3v) is 21.7. The van der Waals surface area contributed by atoms with Gasteiger partial charge in [0, 0.05) is 43.8 Å². The summed E-state index contributed by atoms with van der Waals surface area (Å²) in [7, 11) is 1.27. The maximum absolute atomic E-state index is 16.2. The highest BCUT2D eigenvalue weighted by atomic mass is 35.5. The molecule has 5 fully saturated rings. The minimum Gasteiger partial charge on any atom is -0.508 e. The van der Waals surface area contributed by atoms with Crippen LogP contribution in [0.4, 0.5) is 4.79 Å². The molecule has 10 amide bonds. The number of carbonyl (C=O) groups excluding carboxylic acids is 10. The van der Waals surface area contributed by atoms with Gasteiger partial charge < -0.3 is 113 Å². The zero-order valence-corrected chi connectivity index (χ0v) is 62.7. The number of ether oxygens (including phenoxy) is 5.